The standard InChI is InChI=1S/C19H20N4O2/c24-19(21-16-5-6-17-11-20-14-23(17)13-16)18-4-2-1-3-15(18)12-22-7-9-25-10-8-22/h1-6,11,13-14H,7-10,12H2,(H,21,24). The number of carbonyl (C=O) groups excluding carboxylic acids is 1. The van der Waals surface area contributed by atoms with Crippen molar-refractivity contribution < 1.29 is 9.53 Å². The van der Waals surface area contributed by atoms with Crippen molar-refractivity contribution >= 4 is 17.1 Å². The second-order valence-electron chi connectivity index (χ2n) is 6.14. The predicted octanol–water partition coefficient (Wildman–Crippen LogP) is 2.42. The Bertz CT molecular complexity index is 884. The highest BCUT2D eigenvalue weighted by atomic mass is 16.5. The first-order chi connectivity index (χ1) is 12.3. The fourth-order valence-electron chi connectivity index (χ4n) is 3.07. The summed E-state index contributed by atoms with van der Waals surface area (Å²) in [5.74, 6) is -0.0941. The zero-order valence-corrected chi connectivity index (χ0v) is 13.9. The summed E-state index contributed by atoms with van der Waals surface area (Å²) in [6.07, 6.45) is 5.37. The van der Waals surface area contributed by atoms with Gasteiger partial charge < -0.3 is 14.5 Å². The highest BCUT2D eigenvalue weighted by molar-refractivity contribution is 6.05. The van der Waals surface area contributed by atoms with Gasteiger partial charge in [-0.15, -0.1) is 0 Å². The van der Waals surface area contributed by atoms with Crippen molar-refractivity contribution in [1.82, 2.24) is 14.3 Å². The molecule has 1 aliphatic rings. The van der Waals surface area contributed by atoms with Gasteiger partial charge in [-0.05, 0) is 23.8 Å². The molecular formula is C19H20N4O2. The van der Waals surface area contributed by atoms with E-state index in [0.717, 1.165) is 49.6 Å². The smallest absolute Gasteiger partial charge is 0.256 e. The molecule has 128 valence electrons. The molecule has 1 amide bonds. The molecule has 0 aliphatic carbocycles. The summed E-state index contributed by atoms with van der Waals surface area (Å²) in [6.45, 7) is 4.05. The minimum atomic E-state index is -0.0941. The van der Waals surface area contributed by atoms with Gasteiger partial charge in [0.15, 0.2) is 0 Å². The van der Waals surface area contributed by atoms with Gasteiger partial charge in [-0.1, -0.05) is 18.2 Å². The van der Waals surface area contributed by atoms with Crippen LogP contribution in [0.3, 0.4) is 0 Å². The van der Waals surface area contributed by atoms with Crippen LogP contribution in [0.4, 0.5) is 5.69 Å². The summed E-state index contributed by atoms with van der Waals surface area (Å²) >= 11 is 0. The highest BCUT2D eigenvalue weighted by Gasteiger charge is 2.16. The van der Waals surface area contributed by atoms with Gasteiger partial charge >= 0.3 is 0 Å². The highest BCUT2D eigenvalue weighted by Crippen LogP contribution is 2.16. The van der Waals surface area contributed by atoms with E-state index in [9.17, 15) is 4.79 Å². The second-order valence-corrected chi connectivity index (χ2v) is 6.14. The number of ether oxygens (including phenoxy) is 1. The van der Waals surface area contributed by atoms with Crippen LogP contribution in [0.2, 0.25) is 0 Å². The average Bonchev–Trinajstić information content (AvgIpc) is 3.11. The van der Waals surface area contributed by atoms with E-state index in [1.165, 1.54) is 0 Å². The van der Waals surface area contributed by atoms with E-state index in [1.807, 2.05) is 47.0 Å². The van der Waals surface area contributed by atoms with E-state index < -0.39 is 0 Å². The van der Waals surface area contributed by atoms with Gasteiger partial charge in [0.2, 0.25) is 0 Å². The van der Waals surface area contributed by atoms with Crippen molar-refractivity contribution in [3.8, 4) is 0 Å². The molecule has 1 aromatic carbocycles. The van der Waals surface area contributed by atoms with Crippen molar-refractivity contribution in [2.45, 2.75) is 6.54 Å². The maximum atomic E-state index is 12.8. The van der Waals surface area contributed by atoms with E-state index in [-0.39, 0.29) is 5.91 Å². The molecule has 6 nitrogen and oxygen atoms in total. The number of pyridine rings is 1. The monoisotopic (exact) mass is 336 g/mol. The maximum absolute atomic E-state index is 12.8. The Morgan fingerprint density at radius 1 is 1.16 bits per heavy atom. The molecule has 0 unspecified atom stereocenters. The lowest BCUT2D eigenvalue weighted by Crippen LogP contribution is -2.36. The van der Waals surface area contributed by atoms with Crippen LogP contribution in [0.25, 0.3) is 5.52 Å². The van der Waals surface area contributed by atoms with Crippen LogP contribution in [0.1, 0.15) is 15.9 Å². The molecule has 4 rings (SSSR count). The summed E-state index contributed by atoms with van der Waals surface area (Å²) in [5, 5.41) is 2.99. The Morgan fingerprint density at radius 2 is 2.00 bits per heavy atom. The number of aromatic nitrogens is 2. The molecule has 3 heterocycles. The fraction of sp³-hybridized carbons (Fsp3) is 0.263. The lowest BCUT2D eigenvalue weighted by Gasteiger charge is -2.27. The molecular weight excluding hydrogens is 316 g/mol. The number of rotatable bonds is 4. The van der Waals surface area contributed by atoms with Crippen LogP contribution in [-0.2, 0) is 11.3 Å². The third-order valence-electron chi connectivity index (χ3n) is 4.43. The lowest BCUT2D eigenvalue weighted by atomic mass is 10.1. The second kappa shape index (κ2) is 7.04. The van der Waals surface area contributed by atoms with Crippen LogP contribution in [-0.4, -0.2) is 46.5 Å². The van der Waals surface area contributed by atoms with Gasteiger partial charge in [-0.25, -0.2) is 4.98 Å². The molecule has 0 saturated carbocycles. The van der Waals surface area contributed by atoms with E-state index >= 15 is 0 Å². The molecule has 0 radical (unpaired) electrons. The van der Waals surface area contributed by atoms with Gasteiger partial charge in [0, 0.05) is 31.4 Å². The van der Waals surface area contributed by atoms with Crippen LogP contribution in [0.15, 0.2) is 55.1 Å². The number of fused-ring (bicyclic) bond motifs is 1. The van der Waals surface area contributed by atoms with Gasteiger partial charge in [0.05, 0.1) is 36.9 Å². The topological polar surface area (TPSA) is 58.9 Å². The number of nitrogens with one attached hydrogen (secondary N) is 1. The molecule has 0 bridgehead atoms. The average molecular weight is 336 g/mol. The van der Waals surface area contributed by atoms with Crippen molar-refractivity contribution in [3.05, 3.63) is 66.2 Å². The van der Waals surface area contributed by atoms with Gasteiger partial charge in [-0.2, -0.15) is 0 Å². The van der Waals surface area contributed by atoms with Crippen LogP contribution >= 0.6 is 0 Å². The van der Waals surface area contributed by atoms with Crippen molar-refractivity contribution in [3.63, 3.8) is 0 Å². The first kappa shape index (κ1) is 15.8. The minimum Gasteiger partial charge on any atom is -0.379 e. The number of benzene rings is 1. The largest absolute Gasteiger partial charge is 0.379 e. The maximum Gasteiger partial charge on any atom is 0.256 e. The first-order valence-electron chi connectivity index (χ1n) is 8.41. The van der Waals surface area contributed by atoms with Crippen LogP contribution in [0.5, 0.6) is 0 Å². The number of hydrogen-bond acceptors (Lipinski definition) is 4. The fourth-order valence-corrected chi connectivity index (χ4v) is 3.07. The lowest BCUT2D eigenvalue weighted by molar-refractivity contribution is 0.0341. The van der Waals surface area contributed by atoms with E-state index in [2.05, 4.69) is 15.2 Å². The summed E-state index contributed by atoms with van der Waals surface area (Å²) in [6, 6.07) is 11.6. The molecule has 1 aliphatic heterocycles. The number of hydrogen-bond donors (Lipinski definition) is 1. The Balaban J connectivity index is 1.52. The minimum absolute atomic E-state index is 0.0941. The SMILES string of the molecule is O=C(Nc1ccc2cncn2c1)c1ccccc1CN1CCOCC1. The van der Waals surface area contributed by atoms with Crippen molar-refractivity contribution in [1.29, 1.82) is 0 Å². The molecule has 2 aromatic heterocycles. The zero-order chi connectivity index (χ0) is 17.1. The van der Waals surface area contributed by atoms with Gasteiger partial charge in [-0.3, -0.25) is 9.69 Å². The van der Waals surface area contributed by atoms with Gasteiger partial charge in [0.1, 0.15) is 0 Å². The number of imidazole rings is 1. The predicted molar refractivity (Wildman–Crippen MR) is 95.7 cm³/mol. The first-order valence-corrected chi connectivity index (χ1v) is 8.41. The third-order valence-corrected chi connectivity index (χ3v) is 4.43. The Labute approximate surface area is 146 Å². The number of amides is 1. The summed E-state index contributed by atoms with van der Waals surface area (Å²) in [4.78, 5) is 19.2. The molecule has 0 spiro atoms. The molecule has 0 atom stereocenters. The number of anilines is 1. The third kappa shape index (κ3) is 3.55. The Hall–Kier alpha value is -2.70. The van der Waals surface area contributed by atoms with Crippen LogP contribution in [0, 0.1) is 0 Å². The quantitative estimate of drug-likeness (QED) is 0.795. The molecule has 1 saturated heterocycles. The normalized spacial score (nSPS) is 15.4. The number of carbonyl (C=O) groups is 1. The number of nitrogens with zero attached hydrogens (tertiary/aromatic N) is 3. The Morgan fingerprint density at radius 3 is 2.88 bits per heavy atom. The van der Waals surface area contributed by atoms with E-state index in [0.29, 0.717) is 5.56 Å². The van der Waals surface area contributed by atoms with Gasteiger partial charge in [0.25, 0.3) is 5.91 Å². The van der Waals surface area contributed by atoms with Crippen molar-refractivity contribution in [2.24, 2.45) is 0 Å². The summed E-state index contributed by atoms with van der Waals surface area (Å²) in [5.41, 5.74) is 3.48. The zero-order valence-electron chi connectivity index (χ0n) is 13.9. The molecule has 1 fully saturated rings. The van der Waals surface area contributed by atoms with E-state index in [1.54, 1.807) is 12.5 Å². The Kier molecular flexibility index (Phi) is 4.45. The van der Waals surface area contributed by atoms with Crippen LogP contribution < -0.4 is 5.32 Å². The molecule has 3 aromatic rings. The molecule has 1 N–H and O–H groups in total. The molecule has 25 heavy (non-hydrogen) atoms. The van der Waals surface area contributed by atoms with Crippen molar-refractivity contribution in [2.75, 3.05) is 31.6 Å². The summed E-state index contributed by atoms with van der Waals surface area (Å²) < 4.78 is 7.28. The molecule has 6 heteroatoms. The van der Waals surface area contributed by atoms with E-state index in [4.69, 9.17) is 4.74 Å². The number of morpholine rings is 1. The summed E-state index contributed by atoms with van der Waals surface area (Å²) in [7, 11) is 0.